The lowest BCUT2D eigenvalue weighted by Crippen LogP contribution is -2.52. The van der Waals surface area contributed by atoms with E-state index in [9.17, 15) is 57.8 Å². The van der Waals surface area contributed by atoms with Gasteiger partial charge in [-0.25, -0.2) is 14.2 Å². The van der Waals surface area contributed by atoms with E-state index in [-0.39, 0.29) is 68.2 Å². The van der Waals surface area contributed by atoms with Crippen LogP contribution in [0.2, 0.25) is 0 Å². The van der Waals surface area contributed by atoms with Crippen molar-refractivity contribution in [2.45, 2.75) is 114 Å². The number of carboxylic acids is 1. The molecule has 1 fully saturated rings. The number of ether oxygens (including phenoxy) is 2. The first-order valence-corrected chi connectivity index (χ1v) is 27.8. The number of halogens is 1. The van der Waals surface area contributed by atoms with Gasteiger partial charge < -0.3 is 61.9 Å². The van der Waals surface area contributed by atoms with Gasteiger partial charge in [0.05, 0.1) is 59.9 Å². The summed E-state index contributed by atoms with van der Waals surface area (Å²) in [4.78, 5) is 146. The Labute approximate surface area is 472 Å². The number of fused-ring (bicyclic) bond motifs is 5. The number of likely N-dealkylation sites (tertiary alicyclic amines) is 1. The van der Waals surface area contributed by atoms with E-state index in [1.807, 2.05) is 0 Å². The average molecular weight is 1160 g/mol. The monoisotopic (exact) mass is 1150 g/mol. The number of amides is 8. The van der Waals surface area contributed by atoms with Crippen LogP contribution in [0, 0.1) is 12.7 Å². The highest BCUT2D eigenvalue weighted by Gasteiger charge is 2.46. The Balaban J connectivity index is 0.770. The molecule has 2 aromatic heterocycles. The highest BCUT2D eigenvalue weighted by Crippen LogP contribution is 2.46. The summed E-state index contributed by atoms with van der Waals surface area (Å²) >= 11 is 1.03. The van der Waals surface area contributed by atoms with Crippen LogP contribution in [0.5, 0.6) is 0 Å². The molecule has 10 N–H and O–H groups in total. The van der Waals surface area contributed by atoms with Crippen LogP contribution < -0.4 is 43.2 Å². The van der Waals surface area contributed by atoms with Crippen molar-refractivity contribution in [1.29, 1.82) is 0 Å². The van der Waals surface area contributed by atoms with Crippen molar-refractivity contribution in [2.24, 2.45) is 5.73 Å². The van der Waals surface area contributed by atoms with E-state index in [0.717, 1.165) is 16.7 Å². The van der Waals surface area contributed by atoms with Gasteiger partial charge >= 0.3 is 11.9 Å². The first kappa shape index (κ1) is 60.0. The van der Waals surface area contributed by atoms with E-state index >= 15 is 4.39 Å². The maximum atomic E-state index is 15.4. The molecule has 1 saturated heterocycles. The van der Waals surface area contributed by atoms with Crippen molar-refractivity contribution in [3.63, 3.8) is 0 Å². The lowest BCUT2D eigenvalue weighted by molar-refractivity contribution is -0.172. The van der Waals surface area contributed by atoms with E-state index in [4.69, 9.17) is 25.3 Å². The fourth-order valence-electron chi connectivity index (χ4n) is 10.4. The first-order chi connectivity index (χ1) is 39.2. The van der Waals surface area contributed by atoms with Gasteiger partial charge in [0.25, 0.3) is 5.56 Å². The van der Waals surface area contributed by atoms with Crippen LogP contribution >= 0.6 is 11.8 Å². The van der Waals surface area contributed by atoms with Crippen molar-refractivity contribution in [3.8, 4) is 11.4 Å². The third-order valence-corrected chi connectivity index (χ3v) is 16.2. The van der Waals surface area contributed by atoms with Gasteiger partial charge in [-0.15, -0.1) is 11.8 Å². The fourth-order valence-corrected chi connectivity index (χ4v) is 11.5. The molecular weight excluding hydrogens is 1090 g/mol. The molecule has 0 spiro atoms. The molecule has 5 atom stereocenters. The normalized spacial score (nSPS) is 18.4. The number of benzene rings is 2. The summed E-state index contributed by atoms with van der Waals surface area (Å²) in [7, 11) is 0. The molecule has 27 heteroatoms. The Morgan fingerprint density at radius 3 is 2.38 bits per heavy atom. The topological polar surface area (TPSA) is 366 Å². The molecule has 4 aliphatic rings. The minimum atomic E-state index is -2.06. The quantitative estimate of drug-likeness (QED) is 0.0148. The van der Waals surface area contributed by atoms with Crippen LogP contribution in [0.15, 0.2) is 47.3 Å². The Hall–Kier alpha value is -8.14. The van der Waals surface area contributed by atoms with Gasteiger partial charge in [-0.3, -0.25) is 52.8 Å². The number of nitrogens with two attached hydrogens (primary N) is 1. The lowest BCUT2D eigenvalue weighted by Gasteiger charge is -2.31. The molecule has 436 valence electrons. The number of carboxylic acid groups (broad SMARTS) is 1. The van der Waals surface area contributed by atoms with E-state index in [1.165, 1.54) is 10.6 Å². The van der Waals surface area contributed by atoms with Crippen LogP contribution in [-0.4, -0.2) is 146 Å². The van der Waals surface area contributed by atoms with Gasteiger partial charge in [0.1, 0.15) is 37.8 Å². The first-order valence-electron chi connectivity index (χ1n) is 26.7. The molecule has 3 aliphatic heterocycles. The third kappa shape index (κ3) is 13.4. The second-order valence-electron chi connectivity index (χ2n) is 20.3. The summed E-state index contributed by atoms with van der Waals surface area (Å²) in [6, 6.07) is 8.56. The number of aromatic nitrogens is 2. The molecule has 0 bridgehead atoms. The summed E-state index contributed by atoms with van der Waals surface area (Å²) in [6.45, 7) is 0.633. The van der Waals surface area contributed by atoms with Crippen LogP contribution in [0.3, 0.4) is 0 Å². The summed E-state index contributed by atoms with van der Waals surface area (Å²) in [5.41, 5.74) is 7.23. The highest BCUT2D eigenvalue weighted by molar-refractivity contribution is 8.00. The van der Waals surface area contributed by atoms with Crippen LogP contribution in [-0.2, 0) is 89.0 Å². The van der Waals surface area contributed by atoms with E-state index in [2.05, 4.69) is 31.9 Å². The Kier molecular flexibility index (Phi) is 19.2. The third-order valence-electron chi connectivity index (χ3n) is 14.8. The zero-order valence-corrected chi connectivity index (χ0v) is 45.8. The molecule has 1 aliphatic carbocycles. The number of cyclic esters (lactones) is 1. The molecule has 4 aromatic rings. The number of aliphatic hydroxyl groups is 1. The standard InChI is InChI=1S/C55H63FN10O15S/c1-3-55(79)33-17-39-49-31(23-66(39)51(74)32(33)24-81-54(55)78)48-36(14-13-30-28(2)34(56)18-37(64-49)47(30)48)62-45(71)25-80-27-61-43(69)21-60-50(73)38(16-29-10-6-4-7-11-29)63-44(70)22-59-42(68)20-58-41(67)12-8-5-9-15-65-46(72)19-40(52(65)75)82-26-35(57)53(76)77/h4,6-7,10-11,17-18,35-36,38,40,79H,3,5,8-9,12-16,19-27,57H2,1-2H3,(H,58,67)(H,59,68)(H,60,73)(H,61,69)(H,62,71)(H,63,70)(H,76,77)/t35-,36-,38-,40?,55-/m0/s1. The van der Waals surface area contributed by atoms with Gasteiger partial charge in [-0.05, 0) is 67.3 Å². The van der Waals surface area contributed by atoms with Gasteiger partial charge in [-0.1, -0.05) is 43.7 Å². The number of thioether (sulfide) groups is 1. The Morgan fingerprint density at radius 1 is 0.915 bits per heavy atom. The van der Waals surface area contributed by atoms with Crippen molar-refractivity contribution in [1.82, 2.24) is 46.4 Å². The second-order valence-corrected chi connectivity index (χ2v) is 21.5. The van der Waals surface area contributed by atoms with Gasteiger partial charge in [0, 0.05) is 54.1 Å². The number of imide groups is 1. The second kappa shape index (κ2) is 26.2. The minimum absolute atomic E-state index is 0.0152. The zero-order valence-electron chi connectivity index (χ0n) is 45.0. The molecule has 0 radical (unpaired) electrons. The van der Waals surface area contributed by atoms with Crippen LogP contribution in [0.4, 0.5) is 4.39 Å². The van der Waals surface area contributed by atoms with Crippen molar-refractivity contribution >= 4 is 81.9 Å². The number of nitrogens with zero attached hydrogens (tertiary/aromatic N) is 3. The number of carbonyl (C=O) groups is 10. The summed E-state index contributed by atoms with van der Waals surface area (Å²) in [6.07, 6.45) is 2.01. The molecule has 5 heterocycles. The summed E-state index contributed by atoms with van der Waals surface area (Å²) in [5.74, 6) is -7.20. The Morgan fingerprint density at radius 2 is 1.63 bits per heavy atom. The van der Waals surface area contributed by atoms with E-state index < -0.39 is 127 Å². The molecule has 1 unspecified atom stereocenters. The number of hydrogen-bond donors (Lipinski definition) is 9. The average Bonchev–Trinajstić information content (AvgIpc) is 3.16. The predicted octanol–water partition coefficient (Wildman–Crippen LogP) is -0.370. The van der Waals surface area contributed by atoms with E-state index in [1.54, 1.807) is 50.2 Å². The Bertz CT molecular complexity index is 3310. The van der Waals surface area contributed by atoms with Gasteiger partial charge in [0.15, 0.2) is 5.60 Å². The van der Waals surface area contributed by atoms with E-state index in [0.29, 0.717) is 82.2 Å². The number of aliphatic carboxylic acids is 1. The maximum absolute atomic E-state index is 15.4. The van der Waals surface area contributed by atoms with Gasteiger partial charge in [-0.2, -0.15) is 0 Å². The van der Waals surface area contributed by atoms with Crippen molar-refractivity contribution in [2.75, 3.05) is 45.3 Å². The number of carbonyl (C=O) groups excluding carboxylic acids is 9. The minimum Gasteiger partial charge on any atom is -0.480 e. The zero-order chi connectivity index (χ0) is 59.0. The smallest absolute Gasteiger partial charge is 0.343 e. The lowest BCUT2D eigenvalue weighted by atomic mass is 9.81. The molecule has 2 aromatic carbocycles. The van der Waals surface area contributed by atoms with Crippen LogP contribution in [0.1, 0.15) is 96.9 Å². The predicted molar refractivity (Wildman–Crippen MR) is 290 cm³/mol. The molecule has 25 nitrogen and oxygen atoms in total. The molecule has 0 saturated carbocycles. The molecule has 8 amide bonds. The number of aryl methyl sites for hydroxylation is 1. The number of hydrogen-bond acceptors (Lipinski definition) is 17. The van der Waals surface area contributed by atoms with Crippen LogP contribution in [0.25, 0.3) is 22.3 Å². The number of nitrogens with one attached hydrogen (secondary N) is 6. The largest absolute Gasteiger partial charge is 0.480 e. The number of esters is 1. The van der Waals surface area contributed by atoms with Crippen molar-refractivity contribution < 1.29 is 72.0 Å². The van der Waals surface area contributed by atoms with Gasteiger partial charge in [0.2, 0.25) is 47.3 Å². The molecule has 82 heavy (non-hydrogen) atoms. The summed E-state index contributed by atoms with van der Waals surface area (Å²) < 4.78 is 27.6. The SMILES string of the molecule is CC[C@@]1(O)C(=O)OCc2c1cc1n(c2=O)Cc2c-1nc1cc(F)c(C)c3c1c2[C@@H](NC(=O)COCNC(=O)CNC(=O)[C@H](Cc1ccccc1)NC(=O)CNC(=O)CNC(=O)CCCCCN1C(=O)CC(SC[C@H](N)C(=O)O)C1=O)CC3. The fraction of sp³-hybridized carbons (Fsp3) is 0.455. The van der Waals surface area contributed by atoms with Crippen molar-refractivity contribution in [3.05, 3.63) is 97.6 Å². The maximum Gasteiger partial charge on any atom is 0.343 e. The number of pyridine rings is 2. The molecule has 8 rings (SSSR count). The molecular formula is C55H63FN10O15S. The summed E-state index contributed by atoms with van der Waals surface area (Å²) in [5, 5.41) is 35.6. The number of rotatable bonds is 26. The highest BCUT2D eigenvalue weighted by atomic mass is 32.2. The number of unbranched alkanes of at least 4 members (excludes halogenated alkanes) is 2.